The highest BCUT2D eigenvalue weighted by atomic mass is 19.4. The van der Waals surface area contributed by atoms with Gasteiger partial charge in [0.15, 0.2) is 11.5 Å². The molecule has 1 amide bonds. The first kappa shape index (κ1) is 29.3. The van der Waals surface area contributed by atoms with Crippen LogP contribution in [-0.2, 0) is 9.53 Å². The second kappa shape index (κ2) is 11.6. The summed E-state index contributed by atoms with van der Waals surface area (Å²) in [6.07, 6.45) is 2.42. The highest BCUT2D eigenvalue weighted by Gasteiger charge is 2.38. The van der Waals surface area contributed by atoms with Crippen LogP contribution in [0.4, 0.5) is 28.9 Å². The standard InChI is InChI=1S/C25H28FN7O2.C2HF3O2/c1-15-12-32-13-16(9-21(26)24(32)28-15)29-25(34)19-3-4-22(31-7-5-27-6-8-31)20-14-33(30-23(19)20)17-10-18(11-17)35-2;3-2(4,5)1(6)7/h3-4,9,12-14,17-18,27H,5-8,10-11H2,1-2H3,(H,29,34);(H,6,7). The molecule has 0 bridgehead atoms. The number of methoxy groups -OCH3 is 1. The number of ether oxygens (including phenoxy) is 1. The van der Waals surface area contributed by atoms with Gasteiger partial charge in [0.25, 0.3) is 5.91 Å². The molecule has 15 heteroatoms. The summed E-state index contributed by atoms with van der Waals surface area (Å²) in [5.41, 5.74) is 3.49. The molecule has 0 spiro atoms. The molecule has 0 radical (unpaired) electrons. The van der Waals surface area contributed by atoms with Crippen molar-refractivity contribution in [2.24, 2.45) is 0 Å². The number of alkyl halides is 3. The summed E-state index contributed by atoms with van der Waals surface area (Å²) >= 11 is 0. The molecule has 2 aliphatic rings. The van der Waals surface area contributed by atoms with Crippen molar-refractivity contribution < 1.29 is 37.0 Å². The first-order valence-corrected chi connectivity index (χ1v) is 13.2. The number of carbonyl (C=O) groups excluding carboxylic acids is 1. The zero-order valence-electron chi connectivity index (χ0n) is 22.8. The van der Waals surface area contributed by atoms with Gasteiger partial charge in [-0.1, -0.05) is 0 Å². The number of anilines is 2. The Morgan fingerprint density at radius 3 is 2.48 bits per heavy atom. The summed E-state index contributed by atoms with van der Waals surface area (Å²) in [5, 5.41) is 19.2. The zero-order chi connectivity index (χ0) is 30.2. The fraction of sp³-hybridized carbons (Fsp3) is 0.407. The van der Waals surface area contributed by atoms with Gasteiger partial charge in [0, 0.05) is 69.0 Å². The molecule has 4 aromatic rings. The SMILES string of the molecule is COC1CC(n2cc3c(N4CCNCC4)ccc(C(=O)Nc4cc(F)c5nc(C)cn5c4)c3n2)C1.O=C(O)C(F)(F)F. The summed E-state index contributed by atoms with van der Waals surface area (Å²) in [7, 11) is 1.73. The van der Waals surface area contributed by atoms with Crippen molar-refractivity contribution in [1.82, 2.24) is 24.5 Å². The van der Waals surface area contributed by atoms with Gasteiger partial charge >= 0.3 is 12.1 Å². The van der Waals surface area contributed by atoms with Crippen LogP contribution in [0, 0.1) is 12.7 Å². The summed E-state index contributed by atoms with van der Waals surface area (Å²) < 4.78 is 55.3. The Balaban J connectivity index is 0.000000451. The molecule has 6 rings (SSSR count). The minimum absolute atomic E-state index is 0.233. The Morgan fingerprint density at radius 1 is 1.14 bits per heavy atom. The number of hydrogen-bond acceptors (Lipinski definition) is 7. The van der Waals surface area contributed by atoms with Gasteiger partial charge in [-0.3, -0.25) is 9.48 Å². The Bertz CT molecular complexity index is 1620. The van der Waals surface area contributed by atoms with Crippen molar-refractivity contribution >= 4 is 39.8 Å². The molecule has 1 saturated carbocycles. The number of rotatable bonds is 5. The number of fused-ring (bicyclic) bond motifs is 2. The Morgan fingerprint density at radius 2 is 1.83 bits per heavy atom. The van der Waals surface area contributed by atoms with Crippen LogP contribution in [0.25, 0.3) is 16.6 Å². The first-order valence-electron chi connectivity index (χ1n) is 13.2. The second-order valence-electron chi connectivity index (χ2n) is 10.2. The number of carbonyl (C=O) groups is 2. The molecule has 3 aromatic heterocycles. The number of pyridine rings is 1. The van der Waals surface area contributed by atoms with Gasteiger partial charge in [-0.2, -0.15) is 18.3 Å². The lowest BCUT2D eigenvalue weighted by molar-refractivity contribution is -0.192. The molecule has 11 nitrogen and oxygen atoms in total. The summed E-state index contributed by atoms with van der Waals surface area (Å²) in [6.45, 7) is 5.42. The number of aliphatic carboxylic acids is 1. The van der Waals surface area contributed by atoms with Crippen molar-refractivity contribution in [1.29, 1.82) is 0 Å². The quantitative estimate of drug-likeness (QED) is 0.300. The van der Waals surface area contributed by atoms with E-state index in [9.17, 15) is 22.4 Å². The van der Waals surface area contributed by atoms with E-state index in [0.717, 1.165) is 50.1 Å². The zero-order valence-corrected chi connectivity index (χ0v) is 22.8. The number of hydrogen-bond donors (Lipinski definition) is 3. The molecular formula is C27H29F4N7O4. The molecule has 0 unspecified atom stereocenters. The van der Waals surface area contributed by atoms with Crippen LogP contribution in [0.5, 0.6) is 0 Å². The largest absolute Gasteiger partial charge is 0.490 e. The third-order valence-corrected chi connectivity index (χ3v) is 7.28. The van der Waals surface area contributed by atoms with Gasteiger partial charge in [0.05, 0.1) is 29.1 Å². The number of amides is 1. The number of piperazine rings is 1. The highest BCUT2D eigenvalue weighted by Crippen LogP contribution is 2.37. The number of carboxylic acid groups (broad SMARTS) is 1. The van der Waals surface area contributed by atoms with E-state index in [0.29, 0.717) is 22.5 Å². The molecule has 1 saturated heterocycles. The van der Waals surface area contributed by atoms with Crippen molar-refractivity contribution in [3.63, 3.8) is 0 Å². The van der Waals surface area contributed by atoms with E-state index in [1.807, 2.05) is 16.8 Å². The Labute approximate surface area is 237 Å². The minimum atomic E-state index is -5.08. The highest BCUT2D eigenvalue weighted by molar-refractivity contribution is 6.14. The topological polar surface area (TPSA) is 126 Å². The van der Waals surface area contributed by atoms with E-state index in [1.54, 1.807) is 30.8 Å². The molecule has 42 heavy (non-hydrogen) atoms. The lowest BCUT2D eigenvalue weighted by Gasteiger charge is -2.34. The number of aryl methyl sites for hydroxylation is 1. The van der Waals surface area contributed by atoms with Crippen LogP contribution in [0.1, 0.15) is 34.9 Å². The maximum absolute atomic E-state index is 14.6. The number of imidazole rings is 1. The van der Waals surface area contributed by atoms with Gasteiger partial charge in [0.2, 0.25) is 0 Å². The van der Waals surface area contributed by atoms with E-state index < -0.39 is 18.0 Å². The van der Waals surface area contributed by atoms with Crippen LogP contribution >= 0.6 is 0 Å². The van der Waals surface area contributed by atoms with Crippen LogP contribution in [0.15, 0.2) is 36.8 Å². The average Bonchev–Trinajstić information content (AvgIpc) is 3.51. The van der Waals surface area contributed by atoms with Crippen LogP contribution in [0.3, 0.4) is 0 Å². The van der Waals surface area contributed by atoms with Crippen LogP contribution in [-0.4, -0.2) is 81.7 Å². The van der Waals surface area contributed by atoms with Crippen molar-refractivity contribution in [3.05, 3.63) is 53.9 Å². The van der Waals surface area contributed by atoms with E-state index in [-0.39, 0.29) is 23.7 Å². The minimum Gasteiger partial charge on any atom is -0.475 e. The Hall–Kier alpha value is -4.24. The second-order valence-corrected chi connectivity index (χ2v) is 10.2. The number of aromatic nitrogens is 4. The van der Waals surface area contributed by atoms with Gasteiger partial charge < -0.3 is 29.8 Å². The summed E-state index contributed by atoms with van der Waals surface area (Å²) in [6, 6.07) is 5.36. The normalized spacial score (nSPS) is 18.9. The van der Waals surface area contributed by atoms with Gasteiger partial charge in [-0.15, -0.1) is 0 Å². The smallest absolute Gasteiger partial charge is 0.475 e. The molecule has 4 heterocycles. The lowest BCUT2D eigenvalue weighted by atomic mass is 9.89. The molecule has 3 N–H and O–H groups in total. The van der Waals surface area contributed by atoms with Crippen molar-refractivity contribution in [2.75, 3.05) is 43.5 Å². The van der Waals surface area contributed by atoms with Crippen molar-refractivity contribution in [3.8, 4) is 0 Å². The molecule has 1 aliphatic heterocycles. The summed E-state index contributed by atoms with van der Waals surface area (Å²) in [4.78, 5) is 28.8. The van der Waals surface area contributed by atoms with E-state index in [4.69, 9.17) is 19.7 Å². The third-order valence-electron chi connectivity index (χ3n) is 7.28. The predicted octanol–water partition coefficient (Wildman–Crippen LogP) is 3.78. The van der Waals surface area contributed by atoms with Crippen LogP contribution < -0.4 is 15.5 Å². The molecule has 224 valence electrons. The lowest BCUT2D eigenvalue weighted by Crippen LogP contribution is -2.43. The maximum Gasteiger partial charge on any atom is 0.490 e. The van der Waals surface area contributed by atoms with Gasteiger partial charge in [-0.05, 0) is 31.9 Å². The first-order chi connectivity index (χ1) is 19.9. The van der Waals surface area contributed by atoms with Crippen LogP contribution in [0.2, 0.25) is 0 Å². The van der Waals surface area contributed by atoms with E-state index in [2.05, 4.69) is 26.7 Å². The Kier molecular flexibility index (Phi) is 8.06. The predicted molar refractivity (Wildman–Crippen MR) is 145 cm³/mol. The fourth-order valence-electron chi connectivity index (χ4n) is 5.05. The molecular weight excluding hydrogens is 562 g/mol. The molecule has 1 aliphatic carbocycles. The molecule has 0 atom stereocenters. The monoisotopic (exact) mass is 591 g/mol. The van der Waals surface area contributed by atoms with E-state index >= 15 is 0 Å². The van der Waals surface area contributed by atoms with Crippen molar-refractivity contribution in [2.45, 2.75) is 38.1 Å². The number of halogens is 4. The third kappa shape index (κ3) is 6.01. The fourth-order valence-corrected chi connectivity index (χ4v) is 5.05. The van der Waals surface area contributed by atoms with E-state index in [1.165, 1.54) is 6.07 Å². The molecule has 2 fully saturated rings. The number of nitrogens with one attached hydrogen (secondary N) is 2. The summed E-state index contributed by atoms with van der Waals surface area (Å²) in [5.74, 6) is -3.57. The van der Waals surface area contributed by atoms with Gasteiger partial charge in [-0.25, -0.2) is 14.2 Å². The number of nitrogens with zero attached hydrogens (tertiary/aromatic N) is 5. The number of benzene rings is 1. The average molecular weight is 592 g/mol. The van der Waals surface area contributed by atoms with Gasteiger partial charge in [0.1, 0.15) is 5.52 Å². The molecule has 1 aromatic carbocycles. The maximum atomic E-state index is 14.6. The number of carboxylic acids is 1.